The quantitative estimate of drug-likeness (QED) is 0.941. The number of nitrogens with zero attached hydrogens (tertiary/aromatic N) is 4. The lowest BCUT2D eigenvalue weighted by Crippen LogP contribution is -2.21. The van der Waals surface area contributed by atoms with E-state index >= 15 is 0 Å². The van der Waals surface area contributed by atoms with Crippen LogP contribution in [0.25, 0.3) is 0 Å². The van der Waals surface area contributed by atoms with Crippen LogP contribution in [0.3, 0.4) is 0 Å². The molecular weight excluding hydrogens is 278 g/mol. The van der Waals surface area contributed by atoms with Crippen molar-refractivity contribution >= 4 is 11.7 Å². The van der Waals surface area contributed by atoms with Crippen LogP contribution in [0.5, 0.6) is 0 Å². The Kier molecular flexibility index (Phi) is 3.68. The molecule has 0 aromatic carbocycles. The largest absolute Gasteiger partial charge is 0.309 e. The predicted molar refractivity (Wildman–Crippen MR) is 83.7 cm³/mol. The molecular formula is C16H21N5O. The van der Waals surface area contributed by atoms with Crippen molar-refractivity contribution < 1.29 is 4.79 Å². The van der Waals surface area contributed by atoms with Crippen molar-refractivity contribution in [1.29, 1.82) is 0 Å². The van der Waals surface area contributed by atoms with Gasteiger partial charge >= 0.3 is 0 Å². The van der Waals surface area contributed by atoms with Gasteiger partial charge in [0.1, 0.15) is 0 Å². The smallest absolute Gasteiger partial charge is 0.232 e. The molecule has 0 spiro atoms. The van der Waals surface area contributed by atoms with Crippen molar-refractivity contribution in [2.24, 2.45) is 7.05 Å². The zero-order chi connectivity index (χ0) is 15.9. The summed E-state index contributed by atoms with van der Waals surface area (Å²) in [6, 6.07) is 0. The van der Waals surface area contributed by atoms with E-state index in [4.69, 9.17) is 0 Å². The lowest BCUT2D eigenvalue weighted by atomic mass is 9.98. The minimum absolute atomic E-state index is 0.0680. The molecule has 1 aliphatic carbocycles. The molecule has 1 saturated carbocycles. The molecule has 2 aromatic rings. The summed E-state index contributed by atoms with van der Waals surface area (Å²) in [5.74, 6) is 0.701. The Morgan fingerprint density at radius 2 is 2.00 bits per heavy atom. The van der Waals surface area contributed by atoms with Gasteiger partial charge in [0.2, 0.25) is 5.91 Å². The Morgan fingerprint density at radius 1 is 1.32 bits per heavy atom. The monoisotopic (exact) mass is 299 g/mol. The fraction of sp³-hybridized carbons (Fsp3) is 0.500. The first-order chi connectivity index (χ1) is 10.5. The summed E-state index contributed by atoms with van der Waals surface area (Å²) < 4.78 is 1.81. The van der Waals surface area contributed by atoms with Gasteiger partial charge in [0.25, 0.3) is 0 Å². The van der Waals surface area contributed by atoms with Gasteiger partial charge in [0.05, 0.1) is 17.3 Å². The number of rotatable bonds is 4. The van der Waals surface area contributed by atoms with Gasteiger partial charge < -0.3 is 5.32 Å². The minimum atomic E-state index is -0.275. The zero-order valence-electron chi connectivity index (χ0n) is 13.4. The standard InChI is InChI=1S/C16H21N5O/c1-9(13-10(2)20-21(4)11(13)3)16(22)19-15-14(12-5-6-12)17-7-8-18-15/h7-9,12H,5-6H2,1-4H3,(H,18,19,22). The zero-order valence-corrected chi connectivity index (χ0v) is 13.4. The fourth-order valence-electron chi connectivity index (χ4n) is 2.87. The molecule has 3 rings (SSSR count). The van der Waals surface area contributed by atoms with Gasteiger partial charge in [-0.3, -0.25) is 14.5 Å². The molecule has 1 atom stereocenters. The second-order valence-corrected chi connectivity index (χ2v) is 5.98. The number of aromatic nitrogens is 4. The SMILES string of the molecule is Cc1nn(C)c(C)c1C(C)C(=O)Nc1nccnc1C1CC1. The van der Waals surface area contributed by atoms with Crippen molar-refractivity contribution in [2.75, 3.05) is 5.32 Å². The summed E-state index contributed by atoms with van der Waals surface area (Å²) >= 11 is 0. The van der Waals surface area contributed by atoms with Crippen LogP contribution in [-0.2, 0) is 11.8 Å². The Balaban J connectivity index is 1.82. The molecule has 116 valence electrons. The number of hydrogen-bond donors (Lipinski definition) is 1. The molecule has 0 aliphatic heterocycles. The molecule has 1 fully saturated rings. The van der Waals surface area contributed by atoms with E-state index in [0.29, 0.717) is 11.7 Å². The molecule has 0 saturated heterocycles. The maximum Gasteiger partial charge on any atom is 0.232 e. The first-order valence-electron chi connectivity index (χ1n) is 7.61. The Labute approximate surface area is 130 Å². The molecule has 0 radical (unpaired) electrons. The van der Waals surface area contributed by atoms with Crippen LogP contribution in [0.4, 0.5) is 5.82 Å². The average Bonchev–Trinajstić information content (AvgIpc) is 3.28. The van der Waals surface area contributed by atoms with E-state index in [-0.39, 0.29) is 11.8 Å². The highest BCUT2D eigenvalue weighted by molar-refractivity contribution is 5.95. The number of carbonyl (C=O) groups is 1. The third kappa shape index (κ3) is 2.61. The topological polar surface area (TPSA) is 72.7 Å². The van der Waals surface area contributed by atoms with Crippen LogP contribution in [-0.4, -0.2) is 25.7 Å². The molecule has 1 unspecified atom stereocenters. The average molecular weight is 299 g/mol. The fourth-order valence-corrected chi connectivity index (χ4v) is 2.87. The number of anilines is 1. The number of nitrogens with one attached hydrogen (secondary N) is 1. The van der Waals surface area contributed by atoms with E-state index in [1.54, 1.807) is 12.4 Å². The van der Waals surface area contributed by atoms with Crippen LogP contribution >= 0.6 is 0 Å². The van der Waals surface area contributed by atoms with Crippen molar-refractivity contribution in [3.05, 3.63) is 35.0 Å². The first-order valence-corrected chi connectivity index (χ1v) is 7.61. The van der Waals surface area contributed by atoms with Gasteiger partial charge in [-0.05, 0) is 33.6 Å². The molecule has 1 N–H and O–H groups in total. The number of aryl methyl sites for hydroxylation is 2. The van der Waals surface area contributed by atoms with E-state index in [0.717, 1.165) is 35.5 Å². The summed E-state index contributed by atoms with van der Waals surface area (Å²) in [5.41, 5.74) is 3.80. The maximum atomic E-state index is 12.6. The molecule has 0 bridgehead atoms. The van der Waals surface area contributed by atoms with E-state index in [9.17, 15) is 4.79 Å². The van der Waals surface area contributed by atoms with Crippen LogP contribution in [0, 0.1) is 13.8 Å². The van der Waals surface area contributed by atoms with Crippen molar-refractivity contribution in [3.8, 4) is 0 Å². The lowest BCUT2D eigenvalue weighted by molar-refractivity contribution is -0.117. The number of carbonyl (C=O) groups excluding carboxylic acids is 1. The van der Waals surface area contributed by atoms with Gasteiger partial charge in [0, 0.05) is 36.6 Å². The third-order valence-electron chi connectivity index (χ3n) is 4.32. The van der Waals surface area contributed by atoms with Gasteiger partial charge in [-0.2, -0.15) is 5.10 Å². The predicted octanol–water partition coefficient (Wildman–Crippen LogP) is 2.45. The summed E-state index contributed by atoms with van der Waals surface area (Å²) in [7, 11) is 1.89. The summed E-state index contributed by atoms with van der Waals surface area (Å²) in [6.45, 7) is 5.82. The Morgan fingerprint density at radius 3 is 2.59 bits per heavy atom. The number of amides is 1. The molecule has 1 amide bonds. The molecule has 22 heavy (non-hydrogen) atoms. The summed E-state index contributed by atoms with van der Waals surface area (Å²) in [4.78, 5) is 21.3. The molecule has 2 aromatic heterocycles. The van der Waals surface area contributed by atoms with Crippen LogP contribution < -0.4 is 5.32 Å². The summed E-state index contributed by atoms with van der Waals surface area (Å²) in [5, 5.41) is 7.33. The third-order valence-corrected chi connectivity index (χ3v) is 4.32. The second-order valence-electron chi connectivity index (χ2n) is 5.98. The van der Waals surface area contributed by atoms with Crippen molar-refractivity contribution in [1.82, 2.24) is 19.7 Å². The van der Waals surface area contributed by atoms with Gasteiger partial charge in [-0.1, -0.05) is 0 Å². The van der Waals surface area contributed by atoms with Crippen LogP contribution in [0.15, 0.2) is 12.4 Å². The molecule has 6 nitrogen and oxygen atoms in total. The first kappa shape index (κ1) is 14.7. The van der Waals surface area contributed by atoms with Crippen LogP contribution in [0.1, 0.15) is 54.2 Å². The van der Waals surface area contributed by atoms with E-state index in [1.165, 1.54) is 0 Å². The van der Waals surface area contributed by atoms with E-state index < -0.39 is 0 Å². The van der Waals surface area contributed by atoms with Crippen LogP contribution in [0.2, 0.25) is 0 Å². The van der Waals surface area contributed by atoms with Gasteiger partial charge in [-0.25, -0.2) is 4.98 Å². The highest BCUT2D eigenvalue weighted by Crippen LogP contribution is 2.41. The Hall–Kier alpha value is -2.24. The van der Waals surface area contributed by atoms with Crippen molar-refractivity contribution in [3.63, 3.8) is 0 Å². The summed E-state index contributed by atoms with van der Waals surface area (Å²) in [6.07, 6.45) is 5.55. The van der Waals surface area contributed by atoms with Gasteiger partial charge in [0.15, 0.2) is 5.82 Å². The van der Waals surface area contributed by atoms with Crippen molar-refractivity contribution in [2.45, 2.75) is 45.4 Å². The van der Waals surface area contributed by atoms with E-state index in [2.05, 4.69) is 20.4 Å². The minimum Gasteiger partial charge on any atom is -0.309 e. The normalized spacial score (nSPS) is 15.6. The Bertz CT molecular complexity index is 717. The molecule has 1 aliphatic rings. The highest BCUT2D eigenvalue weighted by Gasteiger charge is 2.30. The lowest BCUT2D eigenvalue weighted by Gasteiger charge is -2.14. The van der Waals surface area contributed by atoms with Gasteiger partial charge in [-0.15, -0.1) is 0 Å². The molecule has 2 heterocycles. The second kappa shape index (κ2) is 5.51. The van der Waals surface area contributed by atoms with E-state index in [1.807, 2.05) is 32.5 Å². The number of hydrogen-bond acceptors (Lipinski definition) is 4. The maximum absolute atomic E-state index is 12.6. The molecule has 6 heteroatoms. The highest BCUT2D eigenvalue weighted by atomic mass is 16.1.